The number of carbonyl (C=O) groups excluding carboxylic acids is 2. The van der Waals surface area contributed by atoms with Gasteiger partial charge in [0.05, 0.1) is 12.5 Å². The Morgan fingerprint density at radius 2 is 1.76 bits per heavy atom. The molecule has 1 saturated carbocycles. The van der Waals surface area contributed by atoms with Crippen LogP contribution in [0.5, 0.6) is 0 Å². The first-order chi connectivity index (χ1) is 16.0. The standard InChI is InChI=1S/C26H35N3O5/c1-18-7-9-20(10-8-18)17-29(25(33)27-4)22(6-5-15-26(2,3)34)23(30)28-16-19-11-13-21(14-12-19)24(31)32/h6-10,19,21,34H,11-14,16-17H2,1-4H3,(H,27,33)(H,28,30)(H,31,32)/b22-6+. The molecule has 0 aliphatic heterocycles. The van der Waals surface area contributed by atoms with Gasteiger partial charge in [0.15, 0.2) is 0 Å². The number of hydrogen-bond acceptors (Lipinski definition) is 4. The predicted octanol–water partition coefficient (Wildman–Crippen LogP) is 2.80. The Morgan fingerprint density at radius 1 is 1.15 bits per heavy atom. The van der Waals surface area contributed by atoms with Crippen molar-refractivity contribution in [3.8, 4) is 11.8 Å². The number of carbonyl (C=O) groups is 3. The van der Waals surface area contributed by atoms with Crippen LogP contribution >= 0.6 is 0 Å². The highest BCUT2D eigenvalue weighted by atomic mass is 16.4. The van der Waals surface area contributed by atoms with Crippen LogP contribution in [0.4, 0.5) is 4.79 Å². The number of carboxylic acids is 1. The lowest BCUT2D eigenvalue weighted by atomic mass is 9.82. The smallest absolute Gasteiger partial charge is 0.322 e. The van der Waals surface area contributed by atoms with Crippen LogP contribution in [0.25, 0.3) is 0 Å². The Kier molecular flexibility index (Phi) is 9.69. The van der Waals surface area contributed by atoms with Crippen molar-refractivity contribution in [2.75, 3.05) is 13.6 Å². The number of aliphatic hydroxyl groups is 1. The molecule has 0 aromatic heterocycles. The molecule has 0 spiro atoms. The van der Waals surface area contributed by atoms with Gasteiger partial charge in [-0.1, -0.05) is 41.7 Å². The van der Waals surface area contributed by atoms with Crippen LogP contribution in [0.2, 0.25) is 0 Å². The zero-order valence-electron chi connectivity index (χ0n) is 20.4. The van der Waals surface area contributed by atoms with Crippen molar-refractivity contribution in [3.63, 3.8) is 0 Å². The molecular weight excluding hydrogens is 434 g/mol. The van der Waals surface area contributed by atoms with Crippen molar-refractivity contribution >= 4 is 17.9 Å². The predicted molar refractivity (Wildman–Crippen MR) is 129 cm³/mol. The third-order valence-electron chi connectivity index (χ3n) is 5.78. The molecule has 0 saturated heterocycles. The molecule has 34 heavy (non-hydrogen) atoms. The van der Waals surface area contributed by atoms with Crippen LogP contribution in [-0.4, -0.2) is 52.2 Å². The summed E-state index contributed by atoms with van der Waals surface area (Å²) in [6.07, 6.45) is 3.97. The number of carboxylic acid groups (broad SMARTS) is 1. The first-order valence-electron chi connectivity index (χ1n) is 11.5. The molecule has 1 aliphatic carbocycles. The molecule has 3 amide bonds. The number of amides is 3. The summed E-state index contributed by atoms with van der Waals surface area (Å²) in [6, 6.07) is 7.19. The largest absolute Gasteiger partial charge is 0.481 e. The van der Waals surface area contributed by atoms with Gasteiger partial charge in [0, 0.05) is 19.7 Å². The highest BCUT2D eigenvalue weighted by molar-refractivity contribution is 5.97. The van der Waals surface area contributed by atoms with Gasteiger partial charge in [0.2, 0.25) is 0 Å². The van der Waals surface area contributed by atoms with Crippen LogP contribution < -0.4 is 10.6 Å². The first-order valence-corrected chi connectivity index (χ1v) is 11.5. The van der Waals surface area contributed by atoms with E-state index in [4.69, 9.17) is 0 Å². The van der Waals surface area contributed by atoms with E-state index in [-0.39, 0.29) is 24.1 Å². The van der Waals surface area contributed by atoms with Gasteiger partial charge in [0.25, 0.3) is 5.91 Å². The second-order valence-electron chi connectivity index (χ2n) is 9.25. The average Bonchev–Trinajstić information content (AvgIpc) is 2.79. The van der Waals surface area contributed by atoms with Crippen LogP contribution in [0, 0.1) is 30.6 Å². The summed E-state index contributed by atoms with van der Waals surface area (Å²) in [4.78, 5) is 38.4. The van der Waals surface area contributed by atoms with Crippen molar-refractivity contribution in [1.82, 2.24) is 15.5 Å². The molecule has 4 N–H and O–H groups in total. The minimum atomic E-state index is -1.25. The van der Waals surface area contributed by atoms with E-state index in [2.05, 4.69) is 22.5 Å². The number of aryl methyl sites for hydroxylation is 1. The molecule has 0 atom stereocenters. The number of benzene rings is 1. The van der Waals surface area contributed by atoms with E-state index in [1.54, 1.807) is 0 Å². The summed E-state index contributed by atoms with van der Waals surface area (Å²) < 4.78 is 0. The quantitative estimate of drug-likeness (QED) is 0.362. The maximum atomic E-state index is 13.2. The summed E-state index contributed by atoms with van der Waals surface area (Å²) in [5, 5.41) is 24.6. The summed E-state index contributed by atoms with van der Waals surface area (Å²) in [7, 11) is 1.49. The molecule has 1 aromatic carbocycles. The Labute approximate surface area is 201 Å². The third-order valence-corrected chi connectivity index (χ3v) is 5.78. The highest BCUT2D eigenvalue weighted by Crippen LogP contribution is 2.28. The second kappa shape index (κ2) is 12.2. The Morgan fingerprint density at radius 3 is 2.29 bits per heavy atom. The molecule has 1 fully saturated rings. The molecule has 1 aliphatic rings. The van der Waals surface area contributed by atoms with E-state index < -0.39 is 23.5 Å². The van der Waals surface area contributed by atoms with Crippen molar-refractivity contribution in [2.45, 2.75) is 58.6 Å². The van der Waals surface area contributed by atoms with Crippen molar-refractivity contribution in [2.24, 2.45) is 11.8 Å². The second-order valence-corrected chi connectivity index (χ2v) is 9.25. The maximum Gasteiger partial charge on any atom is 0.322 e. The lowest BCUT2D eigenvalue weighted by molar-refractivity contribution is -0.143. The average molecular weight is 470 g/mol. The number of allylic oxidation sites excluding steroid dienone is 1. The summed E-state index contributed by atoms with van der Waals surface area (Å²) in [5.41, 5.74) is 0.735. The van der Waals surface area contributed by atoms with E-state index in [0.717, 1.165) is 24.0 Å². The van der Waals surface area contributed by atoms with Gasteiger partial charge in [-0.2, -0.15) is 0 Å². The van der Waals surface area contributed by atoms with E-state index in [1.165, 1.54) is 31.9 Å². The van der Waals surface area contributed by atoms with Gasteiger partial charge in [-0.25, -0.2) is 4.79 Å². The van der Waals surface area contributed by atoms with Crippen LogP contribution in [0.1, 0.15) is 50.7 Å². The SMILES string of the molecule is CNC(=O)N(Cc1ccc(C)cc1)/C(=C/C#CC(C)(C)O)C(=O)NCC1CCC(C(=O)O)CC1. The molecular formula is C26H35N3O5. The Balaban J connectivity index is 2.23. The molecule has 184 valence electrons. The van der Waals surface area contributed by atoms with Crippen molar-refractivity contribution < 1.29 is 24.6 Å². The van der Waals surface area contributed by atoms with Gasteiger partial charge in [0.1, 0.15) is 11.3 Å². The first kappa shape index (κ1) is 26.9. The molecule has 0 unspecified atom stereocenters. The number of aliphatic carboxylic acids is 1. The van der Waals surface area contributed by atoms with Gasteiger partial charge in [-0.15, -0.1) is 0 Å². The van der Waals surface area contributed by atoms with E-state index >= 15 is 0 Å². The normalized spacial score (nSPS) is 18.3. The molecule has 2 rings (SSSR count). The van der Waals surface area contributed by atoms with Crippen molar-refractivity contribution in [3.05, 3.63) is 47.2 Å². The number of urea groups is 1. The Bertz CT molecular complexity index is 959. The van der Waals surface area contributed by atoms with Gasteiger partial charge in [-0.3, -0.25) is 14.5 Å². The molecule has 1 aromatic rings. The number of nitrogens with one attached hydrogen (secondary N) is 2. The molecule has 8 heteroatoms. The molecule has 0 heterocycles. The van der Waals surface area contributed by atoms with E-state index in [9.17, 15) is 24.6 Å². The lowest BCUT2D eigenvalue weighted by Gasteiger charge is -2.28. The topological polar surface area (TPSA) is 119 Å². The van der Waals surface area contributed by atoms with Crippen LogP contribution in [-0.2, 0) is 16.1 Å². The zero-order chi connectivity index (χ0) is 25.3. The fourth-order valence-electron chi connectivity index (χ4n) is 3.77. The van der Waals surface area contributed by atoms with Gasteiger partial charge >= 0.3 is 12.0 Å². The minimum Gasteiger partial charge on any atom is -0.481 e. The fourth-order valence-corrected chi connectivity index (χ4v) is 3.77. The lowest BCUT2D eigenvalue weighted by Crippen LogP contribution is -2.43. The van der Waals surface area contributed by atoms with E-state index in [1.807, 2.05) is 31.2 Å². The van der Waals surface area contributed by atoms with Crippen LogP contribution in [0.15, 0.2) is 36.0 Å². The summed E-state index contributed by atoms with van der Waals surface area (Å²) in [5.74, 6) is 3.98. The van der Waals surface area contributed by atoms with Gasteiger partial charge in [-0.05, 0) is 57.9 Å². The number of hydrogen-bond donors (Lipinski definition) is 4. The molecule has 8 nitrogen and oxygen atoms in total. The monoisotopic (exact) mass is 469 g/mol. The highest BCUT2D eigenvalue weighted by Gasteiger charge is 2.28. The Hall–Kier alpha value is -3.31. The van der Waals surface area contributed by atoms with Gasteiger partial charge < -0.3 is 20.8 Å². The fraction of sp³-hybridized carbons (Fsp3) is 0.500. The molecule has 0 radical (unpaired) electrons. The number of nitrogens with zero attached hydrogens (tertiary/aromatic N) is 1. The third kappa shape index (κ3) is 8.56. The van der Waals surface area contributed by atoms with E-state index in [0.29, 0.717) is 19.4 Å². The molecule has 0 bridgehead atoms. The zero-order valence-corrected chi connectivity index (χ0v) is 20.4. The van der Waals surface area contributed by atoms with Crippen molar-refractivity contribution in [1.29, 1.82) is 0 Å². The summed E-state index contributed by atoms with van der Waals surface area (Å²) in [6.45, 7) is 5.57. The number of rotatable bonds is 7. The summed E-state index contributed by atoms with van der Waals surface area (Å²) >= 11 is 0. The minimum absolute atomic E-state index is 0.0656. The maximum absolute atomic E-state index is 13.2. The van der Waals surface area contributed by atoms with Crippen LogP contribution in [0.3, 0.4) is 0 Å².